The lowest BCUT2D eigenvalue weighted by molar-refractivity contribution is 0.0696. The van der Waals surface area contributed by atoms with Gasteiger partial charge in [0.1, 0.15) is 5.82 Å². The monoisotopic (exact) mass is 222 g/mol. The summed E-state index contributed by atoms with van der Waals surface area (Å²) in [5.74, 6) is -0.268. The number of unbranched alkanes of at least 4 members (excludes halogenated alkanes) is 2. The SMILES string of the molecule is CCCCCNc1cc(C(=O)O)cc(C)n1. The molecule has 0 fully saturated rings. The van der Waals surface area contributed by atoms with Gasteiger partial charge in [-0.25, -0.2) is 9.78 Å². The molecule has 1 aromatic heterocycles. The average Bonchev–Trinajstić information content (AvgIpc) is 2.23. The summed E-state index contributed by atoms with van der Waals surface area (Å²) in [6.45, 7) is 4.78. The normalized spacial score (nSPS) is 10.1. The van der Waals surface area contributed by atoms with Crippen molar-refractivity contribution in [2.45, 2.75) is 33.1 Å². The Morgan fingerprint density at radius 2 is 2.19 bits per heavy atom. The van der Waals surface area contributed by atoms with Crippen molar-refractivity contribution in [3.63, 3.8) is 0 Å². The molecule has 0 aliphatic rings. The topological polar surface area (TPSA) is 62.2 Å². The van der Waals surface area contributed by atoms with E-state index in [9.17, 15) is 4.79 Å². The molecule has 4 nitrogen and oxygen atoms in total. The second-order valence-electron chi connectivity index (χ2n) is 3.82. The number of aromatic nitrogens is 1. The Morgan fingerprint density at radius 1 is 1.44 bits per heavy atom. The summed E-state index contributed by atoms with van der Waals surface area (Å²) in [5.41, 5.74) is 1.00. The standard InChI is InChI=1S/C12H18N2O2/c1-3-4-5-6-13-11-8-10(12(15)16)7-9(2)14-11/h7-8H,3-6H2,1-2H3,(H,13,14)(H,15,16). The van der Waals surface area contributed by atoms with Crippen LogP contribution in [0.4, 0.5) is 5.82 Å². The number of nitrogens with one attached hydrogen (secondary N) is 1. The van der Waals surface area contributed by atoms with Gasteiger partial charge in [0.2, 0.25) is 0 Å². The molecule has 0 aliphatic carbocycles. The number of aryl methyl sites for hydroxylation is 1. The molecule has 16 heavy (non-hydrogen) atoms. The molecule has 0 saturated carbocycles. The second-order valence-corrected chi connectivity index (χ2v) is 3.82. The number of aromatic carboxylic acids is 1. The molecule has 0 unspecified atom stereocenters. The van der Waals surface area contributed by atoms with E-state index in [1.54, 1.807) is 19.1 Å². The van der Waals surface area contributed by atoms with Gasteiger partial charge in [-0.3, -0.25) is 0 Å². The van der Waals surface area contributed by atoms with E-state index in [4.69, 9.17) is 5.11 Å². The van der Waals surface area contributed by atoms with Crippen molar-refractivity contribution in [3.8, 4) is 0 Å². The summed E-state index contributed by atoms with van der Waals surface area (Å²) in [4.78, 5) is 15.1. The molecule has 1 aromatic rings. The summed E-state index contributed by atoms with van der Waals surface area (Å²) in [6.07, 6.45) is 3.42. The smallest absolute Gasteiger partial charge is 0.335 e. The highest BCUT2D eigenvalue weighted by molar-refractivity contribution is 5.88. The number of anilines is 1. The summed E-state index contributed by atoms with van der Waals surface area (Å²) in [7, 11) is 0. The van der Waals surface area contributed by atoms with Gasteiger partial charge in [0, 0.05) is 12.2 Å². The lowest BCUT2D eigenvalue weighted by atomic mass is 10.2. The zero-order chi connectivity index (χ0) is 12.0. The number of pyridine rings is 1. The minimum atomic E-state index is -0.915. The molecule has 2 N–H and O–H groups in total. The Hall–Kier alpha value is -1.58. The van der Waals surface area contributed by atoms with Crippen LogP contribution in [0.2, 0.25) is 0 Å². The van der Waals surface area contributed by atoms with Crippen molar-refractivity contribution in [2.24, 2.45) is 0 Å². The molecule has 0 radical (unpaired) electrons. The number of rotatable bonds is 6. The third-order valence-electron chi connectivity index (χ3n) is 2.29. The van der Waals surface area contributed by atoms with Crippen LogP contribution in [-0.2, 0) is 0 Å². The molecule has 1 heterocycles. The molecule has 0 aliphatic heterocycles. The Labute approximate surface area is 95.7 Å². The van der Waals surface area contributed by atoms with Gasteiger partial charge >= 0.3 is 5.97 Å². The number of hydrogen-bond acceptors (Lipinski definition) is 3. The van der Waals surface area contributed by atoms with E-state index >= 15 is 0 Å². The van der Waals surface area contributed by atoms with E-state index < -0.39 is 5.97 Å². The molecule has 0 atom stereocenters. The molecular weight excluding hydrogens is 204 g/mol. The van der Waals surface area contributed by atoms with Crippen LogP contribution in [-0.4, -0.2) is 22.6 Å². The number of hydrogen-bond donors (Lipinski definition) is 2. The van der Waals surface area contributed by atoms with E-state index in [1.165, 1.54) is 12.8 Å². The van der Waals surface area contributed by atoms with Gasteiger partial charge in [0.15, 0.2) is 0 Å². The number of nitrogens with zero attached hydrogens (tertiary/aromatic N) is 1. The molecule has 0 amide bonds. The van der Waals surface area contributed by atoms with Crippen LogP contribution in [0, 0.1) is 6.92 Å². The van der Waals surface area contributed by atoms with Crippen molar-refractivity contribution in [3.05, 3.63) is 23.4 Å². The number of carboxylic acids is 1. The van der Waals surface area contributed by atoms with E-state index in [0.717, 1.165) is 18.7 Å². The van der Waals surface area contributed by atoms with Crippen LogP contribution in [0.25, 0.3) is 0 Å². The molecule has 4 heteroatoms. The second kappa shape index (κ2) is 6.10. The van der Waals surface area contributed by atoms with Crippen LogP contribution in [0.5, 0.6) is 0 Å². The Balaban J connectivity index is 2.62. The molecule has 0 aromatic carbocycles. The molecule has 0 saturated heterocycles. The van der Waals surface area contributed by atoms with E-state index in [-0.39, 0.29) is 5.56 Å². The molecular formula is C12H18N2O2. The van der Waals surface area contributed by atoms with Crippen molar-refractivity contribution < 1.29 is 9.90 Å². The summed E-state index contributed by atoms with van der Waals surface area (Å²) in [5, 5.41) is 12.0. The van der Waals surface area contributed by atoms with Gasteiger partial charge < -0.3 is 10.4 Å². The maximum absolute atomic E-state index is 10.8. The first-order valence-electron chi connectivity index (χ1n) is 5.59. The van der Waals surface area contributed by atoms with Crippen LogP contribution < -0.4 is 5.32 Å². The van der Waals surface area contributed by atoms with Gasteiger partial charge in [0.05, 0.1) is 5.56 Å². The fourth-order valence-electron chi connectivity index (χ4n) is 1.47. The Bertz CT molecular complexity index is 364. The third-order valence-corrected chi connectivity index (χ3v) is 2.29. The first-order chi connectivity index (χ1) is 7.63. The van der Waals surface area contributed by atoms with Crippen molar-refractivity contribution >= 4 is 11.8 Å². The van der Waals surface area contributed by atoms with Crippen molar-refractivity contribution in [2.75, 3.05) is 11.9 Å². The van der Waals surface area contributed by atoms with E-state index in [0.29, 0.717) is 5.82 Å². The molecule has 0 spiro atoms. The van der Waals surface area contributed by atoms with Crippen LogP contribution in [0.3, 0.4) is 0 Å². The quantitative estimate of drug-likeness (QED) is 0.726. The fourth-order valence-corrected chi connectivity index (χ4v) is 1.47. The zero-order valence-corrected chi connectivity index (χ0v) is 9.79. The predicted molar refractivity (Wildman–Crippen MR) is 63.9 cm³/mol. The minimum Gasteiger partial charge on any atom is -0.478 e. The zero-order valence-electron chi connectivity index (χ0n) is 9.79. The Kier molecular flexibility index (Phi) is 4.76. The fraction of sp³-hybridized carbons (Fsp3) is 0.500. The molecule has 88 valence electrons. The predicted octanol–water partition coefficient (Wildman–Crippen LogP) is 2.69. The molecule has 0 bridgehead atoms. The average molecular weight is 222 g/mol. The number of carbonyl (C=O) groups is 1. The third kappa shape index (κ3) is 3.88. The van der Waals surface area contributed by atoms with Crippen LogP contribution in [0.15, 0.2) is 12.1 Å². The minimum absolute atomic E-state index is 0.283. The van der Waals surface area contributed by atoms with E-state index in [2.05, 4.69) is 17.2 Å². The van der Waals surface area contributed by atoms with Crippen LogP contribution in [0.1, 0.15) is 42.2 Å². The molecule has 1 rings (SSSR count). The number of carboxylic acid groups (broad SMARTS) is 1. The largest absolute Gasteiger partial charge is 0.478 e. The van der Waals surface area contributed by atoms with Gasteiger partial charge in [-0.1, -0.05) is 19.8 Å². The van der Waals surface area contributed by atoms with Gasteiger partial charge in [-0.2, -0.15) is 0 Å². The highest BCUT2D eigenvalue weighted by atomic mass is 16.4. The highest BCUT2D eigenvalue weighted by Crippen LogP contribution is 2.10. The highest BCUT2D eigenvalue weighted by Gasteiger charge is 2.05. The lowest BCUT2D eigenvalue weighted by Gasteiger charge is -2.07. The van der Waals surface area contributed by atoms with Gasteiger partial charge in [-0.15, -0.1) is 0 Å². The maximum atomic E-state index is 10.8. The van der Waals surface area contributed by atoms with Gasteiger partial charge in [-0.05, 0) is 25.5 Å². The van der Waals surface area contributed by atoms with Gasteiger partial charge in [0.25, 0.3) is 0 Å². The summed E-state index contributed by atoms with van der Waals surface area (Å²) in [6, 6.07) is 3.14. The maximum Gasteiger partial charge on any atom is 0.335 e. The van der Waals surface area contributed by atoms with Crippen molar-refractivity contribution in [1.29, 1.82) is 0 Å². The lowest BCUT2D eigenvalue weighted by Crippen LogP contribution is -2.06. The van der Waals surface area contributed by atoms with Crippen LogP contribution >= 0.6 is 0 Å². The Morgan fingerprint density at radius 3 is 2.81 bits per heavy atom. The summed E-state index contributed by atoms with van der Waals surface area (Å²) < 4.78 is 0. The summed E-state index contributed by atoms with van der Waals surface area (Å²) >= 11 is 0. The van der Waals surface area contributed by atoms with E-state index in [1.807, 2.05) is 0 Å². The first-order valence-corrected chi connectivity index (χ1v) is 5.59. The van der Waals surface area contributed by atoms with Crippen molar-refractivity contribution in [1.82, 2.24) is 4.98 Å². The first kappa shape index (κ1) is 12.5.